The van der Waals surface area contributed by atoms with Crippen LogP contribution in [-0.2, 0) is 16.6 Å². The lowest BCUT2D eigenvalue weighted by atomic mass is 10.1. The summed E-state index contributed by atoms with van der Waals surface area (Å²) in [6, 6.07) is 11.3. The van der Waals surface area contributed by atoms with Gasteiger partial charge >= 0.3 is 6.03 Å². The first-order valence-electron chi connectivity index (χ1n) is 9.86. The second-order valence-electron chi connectivity index (χ2n) is 7.29. The Bertz CT molecular complexity index is 1010. The molecule has 3 rings (SSSR count). The SMILES string of the molecule is CC(NC(=O)NCc1ccccc1S(=O)(=O)N1CCCCC1)c1ccc(Cl)c(Cl)c1. The molecule has 0 radical (unpaired) electrons. The Morgan fingerprint density at radius 1 is 1.07 bits per heavy atom. The number of benzene rings is 2. The normalized spacial score (nSPS) is 16.1. The number of hydrogen-bond donors (Lipinski definition) is 2. The van der Waals surface area contributed by atoms with Crippen molar-refractivity contribution in [1.29, 1.82) is 0 Å². The zero-order valence-electron chi connectivity index (χ0n) is 16.7. The van der Waals surface area contributed by atoms with Crippen LogP contribution in [0.5, 0.6) is 0 Å². The van der Waals surface area contributed by atoms with E-state index in [0.29, 0.717) is 28.7 Å². The van der Waals surface area contributed by atoms with Gasteiger partial charge in [0.25, 0.3) is 0 Å². The van der Waals surface area contributed by atoms with Crippen LogP contribution >= 0.6 is 23.2 Å². The van der Waals surface area contributed by atoms with Crippen LogP contribution in [0, 0.1) is 0 Å². The van der Waals surface area contributed by atoms with Crippen LogP contribution in [0.3, 0.4) is 0 Å². The number of hydrogen-bond acceptors (Lipinski definition) is 3. The van der Waals surface area contributed by atoms with Crippen LogP contribution in [0.15, 0.2) is 47.4 Å². The molecule has 2 aromatic rings. The van der Waals surface area contributed by atoms with Crippen molar-refractivity contribution >= 4 is 39.3 Å². The Hall–Kier alpha value is -1.80. The van der Waals surface area contributed by atoms with Gasteiger partial charge in [0.2, 0.25) is 10.0 Å². The first-order valence-corrected chi connectivity index (χ1v) is 12.1. The van der Waals surface area contributed by atoms with E-state index in [2.05, 4.69) is 10.6 Å². The van der Waals surface area contributed by atoms with Crippen LogP contribution in [-0.4, -0.2) is 31.8 Å². The van der Waals surface area contributed by atoms with Crippen molar-refractivity contribution in [1.82, 2.24) is 14.9 Å². The molecule has 2 aromatic carbocycles. The molecule has 0 aromatic heterocycles. The number of halogens is 2. The van der Waals surface area contributed by atoms with E-state index >= 15 is 0 Å². The Morgan fingerprint density at radius 3 is 2.47 bits per heavy atom. The summed E-state index contributed by atoms with van der Waals surface area (Å²) in [7, 11) is -3.58. The summed E-state index contributed by atoms with van der Waals surface area (Å²) < 4.78 is 27.6. The Labute approximate surface area is 187 Å². The summed E-state index contributed by atoms with van der Waals surface area (Å²) in [5, 5.41) is 6.44. The lowest BCUT2D eigenvalue weighted by Crippen LogP contribution is -2.38. The van der Waals surface area contributed by atoms with Crippen molar-refractivity contribution in [2.24, 2.45) is 0 Å². The first-order chi connectivity index (χ1) is 14.3. The molecular weight excluding hydrogens is 445 g/mol. The third-order valence-electron chi connectivity index (χ3n) is 5.14. The summed E-state index contributed by atoms with van der Waals surface area (Å²) >= 11 is 12.0. The number of sulfonamides is 1. The topological polar surface area (TPSA) is 78.5 Å². The molecule has 1 aliphatic rings. The molecule has 1 heterocycles. The molecule has 9 heteroatoms. The van der Waals surface area contributed by atoms with E-state index < -0.39 is 16.1 Å². The molecule has 162 valence electrons. The molecule has 1 saturated heterocycles. The van der Waals surface area contributed by atoms with Gasteiger partial charge in [-0.05, 0) is 49.1 Å². The highest BCUT2D eigenvalue weighted by Gasteiger charge is 2.27. The van der Waals surface area contributed by atoms with Gasteiger partial charge in [0.15, 0.2) is 0 Å². The lowest BCUT2D eigenvalue weighted by Gasteiger charge is -2.27. The molecule has 0 bridgehead atoms. The second-order valence-corrected chi connectivity index (χ2v) is 10.0. The van der Waals surface area contributed by atoms with Crippen LogP contribution in [0.1, 0.15) is 43.4 Å². The highest BCUT2D eigenvalue weighted by atomic mass is 35.5. The van der Waals surface area contributed by atoms with Gasteiger partial charge in [-0.2, -0.15) is 4.31 Å². The maximum Gasteiger partial charge on any atom is 0.315 e. The molecule has 1 unspecified atom stereocenters. The average molecular weight is 470 g/mol. The highest BCUT2D eigenvalue weighted by molar-refractivity contribution is 7.89. The van der Waals surface area contributed by atoms with Crippen LogP contribution in [0.4, 0.5) is 4.79 Å². The maximum atomic E-state index is 13.0. The minimum atomic E-state index is -3.58. The van der Waals surface area contributed by atoms with E-state index in [-0.39, 0.29) is 17.5 Å². The van der Waals surface area contributed by atoms with Gasteiger partial charge in [0.05, 0.1) is 21.0 Å². The average Bonchev–Trinajstić information content (AvgIpc) is 2.75. The molecule has 30 heavy (non-hydrogen) atoms. The molecule has 1 atom stereocenters. The Balaban J connectivity index is 1.65. The predicted molar refractivity (Wildman–Crippen MR) is 119 cm³/mol. The van der Waals surface area contributed by atoms with Gasteiger partial charge in [0, 0.05) is 19.6 Å². The van der Waals surface area contributed by atoms with Crippen molar-refractivity contribution in [3.63, 3.8) is 0 Å². The van der Waals surface area contributed by atoms with E-state index in [9.17, 15) is 13.2 Å². The van der Waals surface area contributed by atoms with Gasteiger partial charge in [-0.25, -0.2) is 13.2 Å². The van der Waals surface area contributed by atoms with Gasteiger partial charge in [-0.15, -0.1) is 0 Å². The fraction of sp³-hybridized carbons (Fsp3) is 0.381. The summed E-state index contributed by atoms with van der Waals surface area (Å²) in [6.45, 7) is 2.99. The number of carbonyl (C=O) groups is 1. The summed E-state index contributed by atoms with van der Waals surface area (Å²) in [5.41, 5.74) is 1.37. The predicted octanol–water partition coefficient (Wildman–Crippen LogP) is 4.73. The van der Waals surface area contributed by atoms with Crippen molar-refractivity contribution in [2.75, 3.05) is 13.1 Å². The van der Waals surface area contributed by atoms with E-state index in [1.165, 1.54) is 4.31 Å². The first kappa shape index (κ1) is 22.9. The fourth-order valence-corrected chi connectivity index (χ4v) is 5.48. The van der Waals surface area contributed by atoms with Crippen molar-refractivity contribution in [3.8, 4) is 0 Å². The van der Waals surface area contributed by atoms with Crippen molar-refractivity contribution in [2.45, 2.75) is 43.7 Å². The number of amides is 2. The van der Waals surface area contributed by atoms with E-state index in [4.69, 9.17) is 23.2 Å². The summed E-state index contributed by atoms with van der Waals surface area (Å²) in [5.74, 6) is 0. The molecular formula is C21H25Cl2N3O3S. The summed E-state index contributed by atoms with van der Waals surface area (Å²) in [4.78, 5) is 12.6. The monoisotopic (exact) mass is 469 g/mol. The fourth-order valence-electron chi connectivity index (χ4n) is 3.43. The molecule has 2 N–H and O–H groups in total. The number of urea groups is 1. The molecule has 6 nitrogen and oxygen atoms in total. The molecule has 1 aliphatic heterocycles. The third kappa shape index (κ3) is 5.46. The minimum absolute atomic E-state index is 0.100. The van der Waals surface area contributed by atoms with Gasteiger partial charge in [-0.1, -0.05) is 53.9 Å². The molecule has 1 fully saturated rings. The number of rotatable bonds is 6. The van der Waals surface area contributed by atoms with Gasteiger partial charge < -0.3 is 10.6 Å². The Kier molecular flexibility index (Phi) is 7.63. The minimum Gasteiger partial charge on any atom is -0.334 e. The van der Waals surface area contributed by atoms with Gasteiger partial charge in [-0.3, -0.25) is 0 Å². The standard InChI is InChI=1S/C21H25Cl2N3O3S/c1-15(16-9-10-18(22)19(23)13-16)25-21(27)24-14-17-7-3-4-8-20(17)30(28,29)26-11-5-2-6-12-26/h3-4,7-10,13,15H,2,5-6,11-12,14H2,1H3,(H2,24,25,27). The lowest BCUT2D eigenvalue weighted by molar-refractivity contribution is 0.237. The Morgan fingerprint density at radius 2 is 1.77 bits per heavy atom. The van der Waals surface area contributed by atoms with Crippen LogP contribution in [0.2, 0.25) is 10.0 Å². The second kappa shape index (κ2) is 10.0. The number of nitrogens with zero attached hydrogens (tertiary/aromatic N) is 1. The quantitative estimate of drug-likeness (QED) is 0.641. The largest absolute Gasteiger partial charge is 0.334 e. The van der Waals surface area contributed by atoms with Crippen LogP contribution in [0.25, 0.3) is 0 Å². The van der Waals surface area contributed by atoms with E-state index in [1.54, 1.807) is 42.5 Å². The van der Waals surface area contributed by atoms with Crippen molar-refractivity contribution in [3.05, 3.63) is 63.6 Å². The zero-order valence-corrected chi connectivity index (χ0v) is 19.0. The van der Waals surface area contributed by atoms with Gasteiger partial charge in [0.1, 0.15) is 0 Å². The molecule has 2 amide bonds. The maximum absolute atomic E-state index is 13.0. The van der Waals surface area contributed by atoms with Crippen LogP contribution < -0.4 is 10.6 Å². The van der Waals surface area contributed by atoms with E-state index in [0.717, 1.165) is 24.8 Å². The highest BCUT2D eigenvalue weighted by Crippen LogP contribution is 2.26. The number of carbonyl (C=O) groups excluding carboxylic acids is 1. The van der Waals surface area contributed by atoms with Crippen molar-refractivity contribution < 1.29 is 13.2 Å². The summed E-state index contributed by atoms with van der Waals surface area (Å²) in [6.07, 6.45) is 2.79. The van der Waals surface area contributed by atoms with E-state index in [1.807, 2.05) is 6.92 Å². The third-order valence-corrected chi connectivity index (χ3v) is 7.87. The number of nitrogens with one attached hydrogen (secondary N) is 2. The molecule has 0 spiro atoms. The molecule has 0 aliphatic carbocycles. The molecule has 0 saturated carbocycles. The smallest absolute Gasteiger partial charge is 0.315 e. The number of piperidine rings is 1. The zero-order chi connectivity index (χ0) is 21.7.